The fraction of sp³-hybridized carbons (Fsp3) is 0.875. The predicted molar refractivity (Wildman–Crippen MR) is 42.4 cm³/mol. The van der Waals surface area contributed by atoms with Crippen LogP contribution in [-0.2, 0) is 0 Å². The van der Waals surface area contributed by atoms with Crippen LogP contribution >= 0.6 is 0 Å². The molecule has 0 amide bonds. The molecule has 0 unspecified atom stereocenters. The average Bonchev–Trinajstić information content (AvgIpc) is 1.65. The summed E-state index contributed by atoms with van der Waals surface area (Å²) in [6.45, 7) is 8.30. The van der Waals surface area contributed by atoms with Gasteiger partial charge in [0.15, 0.2) is 0 Å². The lowest BCUT2D eigenvalue weighted by Crippen LogP contribution is -2.37. The first kappa shape index (κ1) is 8.96. The van der Waals surface area contributed by atoms with Crippen LogP contribution in [0.4, 0.5) is 0 Å². The number of rotatable bonds is 3. The molecule has 1 heteroatoms. The minimum Gasteiger partial charge on any atom is -0.304 e. The van der Waals surface area contributed by atoms with Crippen molar-refractivity contribution in [3.05, 3.63) is 6.92 Å². The summed E-state index contributed by atoms with van der Waals surface area (Å²) in [7, 11) is 4.21. The van der Waals surface area contributed by atoms with E-state index in [4.69, 9.17) is 0 Å². The molecule has 0 atom stereocenters. The molecule has 0 aromatic carbocycles. The van der Waals surface area contributed by atoms with Gasteiger partial charge in [-0.05, 0) is 34.4 Å². The van der Waals surface area contributed by atoms with E-state index in [1.54, 1.807) is 0 Å². The predicted octanol–water partition coefficient (Wildman–Crippen LogP) is 1.94. The third kappa shape index (κ3) is 2.85. The Morgan fingerprint density at radius 3 is 1.89 bits per heavy atom. The molecule has 0 spiro atoms. The zero-order valence-corrected chi connectivity index (χ0v) is 7.07. The molecule has 0 aromatic heterocycles. The summed E-state index contributed by atoms with van der Waals surface area (Å²) in [4.78, 5) is 2.23. The van der Waals surface area contributed by atoms with E-state index in [1.807, 2.05) is 0 Å². The fourth-order valence-corrected chi connectivity index (χ4v) is 0.656. The number of hydrogen-bond donors (Lipinski definition) is 0. The number of hydrogen-bond acceptors (Lipinski definition) is 1. The Morgan fingerprint density at radius 1 is 1.33 bits per heavy atom. The molecular formula is C8H18N. The second-order valence-electron chi connectivity index (χ2n) is 3.31. The second-order valence-corrected chi connectivity index (χ2v) is 3.31. The smallest absolute Gasteiger partial charge is 0.0147 e. The molecule has 55 valence electrons. The van der Waals surface area contributed by atoms with Gasteiger partial charge in [0, 0.05) is 5.54 Å². The highest BCUT2D eigenvalue weighted by Gasteiger charge is 2.17. The first-order valence-electron chi connectivity index (χ1n) is 3.47. The SMILES string of the molecule is [CH2]CCC(C)(C)N(C)C. The van der Waals surface area contributed by atoms with Gasteiger partial charge in [-0.25, -0.2) is 0 Å². The Morgan fingerprint density at radius 2 is 1.78 bits per heavy atom. The van der Waals surface area contributed by atoms with E-state index in [0.717, 1.165) is 6.42 Å². The van der Waals surface area contributed by atoms with Crippen LogP contribution in [0, 0.1) is 6.92 Å². The van der Waals surface area contributed by atoms with Crippen LogP contribution in [0.2, 0.25) is 0 Å². The minimum atomic E-state index is 0.321. The molecule has 0 N–H and O–H groups in total. The van der Waals surface area contributed by atoms with Crippen molar-refractivity contribution in [2.75, 3.05) is 14.1 Å². The lowest BCUT2D eigenvalue weighted by atomic mass is 9.98. The Labute approximate surface area is 59.1 Å². The van der Waals surface area contributed by atoms with Gasteiger partial charge in [-0.15, -0.1) is 0 Å². The van der Waals surface area contributed by atoms with Gasteiger partial charge in [0.05, 0.1) is 0 Å². The van der Waals surface area contributed by atoms with Gasteiger partial charge >= 0.3 is 0 Å². The maximum atomic E-state index is 3.83. The molecule has 0 fully saturated rings. The lowest BCUT2D eigenvalue weighted by molar-refractivity contribution is 0.183. The van der Waals surface area contributed by atoms with Crippen molar-refractivity contribution < 1.29 is 0 Å². The molecule has 0 saturated carbocycles. The Balaban J connectivity index is 3.70. The van der Waals surface area contributed by atoms with Gasteiger partial charge in [-0.2, -0.15) is 0 Å². The molecule has 0 saturated heterocycles. The van der Waals surface area contributed by atoms with E-state index in [1.165, 1.54) is 6.42 Å². The summed E-state index contributed by atoms with van der Waals surface area (Å²) in [6.07, 6.45) is 2.19. The van der Waals surface area contributed by atoms with E-state index in [9.17, 15) is 0 Å². The molecule has 0 aromatic rings. The van der Waals surface area contributed by atoms with Gasteiger partial charge < -0.3 is 4.90 Å². The van der Waals surface area contributed by atoms with Crippen LogP contribution in [-0.4, -0.2) is 24.5 Å². The normalized spacial score (nSPS) is 12.7. The van der Waals surface area contributed by atoms with Crippen LogP contribution in [0.25, 0.3) is 0 Å². The molecule has 0 aliphatic carbocycles. The maximum absolute atomic E-state index is 3.83. The van der Waals surface area contributed by atoms with Crippen molar-refractivity contribution in [3.8, 4) is 0 Å². The van der Waals surface area contributed by atoms with Crippen LogP contribution < -0.4 is 0 Å². The summed E-state index contributed by atoms with van der Waals surface area (Å²) in [5.74, 6) is 0. The Bertz CT molecular complexity index is 74.6. The molecular weight excluding hydrogens is 110 g/mol. The molecule has 1 radical (unpaired) electrons. The third-order valence-corrected chi connectivity index (χ3v) is 2.00. The van der Waals surface area contributed by atoms with E-state index in [-0.39, 0.29) is 0 Å². The van der Waals surface area contributed by atoms with Gasteiger partial charge in [-0.1, -0.05) is 13.3 Å². The van der Waals surface area contributed by atoms with Crippen LogP contribution in [0.15, 0.2) is 0 Å². The molecule has 0 heterocycles. The third-order valence-electron chi connectivity index (χ3n) is 2.00. The topological polar surface area (TPSA) is 3.24 Å². The minimum absolute atomic E-state index is 0.321. The highest BCUT2D eigenvalue weighted by atomic mass is 15.1. The summed E-state index contributed by atoms with van der Waals surface area (Å²) >= 11 is 0. The van der Waals surface area contributed by atoms with E-state index in [2.05, 4.69) is 39.8 Å². The summed E-state index contributed by atoms with van der Waals surface area (Å²) in [6, 6.07) is 0. The van der Waals surface area contributed by atoms with Crippen LogP contribution in [0.3, 0.4) is 0 Å². The van der Waals surface area contributed by atoms with Crippen molar-refractivity contribution in [1.29, 1.82) is 0 Å². The first-order chi connectivity index (χ1) is 4.00. The maximum Gasteiger partial charge on any atom is 0.0147 e. The Kier molecular flexibility index (Phi) is 3.20. The van der Waals surface area contributed by atoms with Crippen molar-refractivity contribution in [3.63, 3.8) is 0 Å². The van der Waals surface area contributed by atoms with Gasteiger partial charge in [0.1, 0.15) is 0 Å². The van der Waals surface area contributed by atoms with Crippen molar-refractivity contribution in [2.45, 2.75) is 32.2 Å². The van der Waals surface area contributed by atoms with Gasteiger partial charge in [0.2, 0.25) is 0 Å². The summed E-state index contributed by atoms with van der Waals surface area (Å²) in [5, 5.41) is 0. The molecule has 1 nitrogen and oxygen atoms in total. The van der Waals surface area contributed by atoms with Crippen molar-refractivity contribution >= 4 is 0 Å². The lowest BCUT2D eigenvalue weighted by Gasteiger charge is -2.32. The van der Waals surface area contributed by atoms with Crippen LogP contribution in [0.5, 0.6) is 0 Å². The molecule has 0 rings (SSSR count). The van der Waals surface area contributed by atoms with Crippen molar-refractivity contribution in [1.82, 2.24) is 4.90 Å². The molecule has 0 bridgehead atoms. The van der Waals surface area contributed by atoms with Crippen molar-refractivity contribution in [2.24, 2.45) is 0 Å². The van der Waals surface area contributed by atoms with Gasteiger partial charge in [0.25, 0.3) is 0 Å². The average molecular weight is 128 g/mol. The highest BCUT2D eigenvalue weighted by Crippen LogP contribution is 2.15. The largest absolute Gasteiger partial charge is 0.304 e. The van der Waals surface area contributed by atoms with E-state index >= 15 is 0 Å². The Hall–Kier alpha value is -0.0400. The summed E-state index contributed by atoms with van der Waals surface area (Å²) in [5.41, 5.74) is 0.321. The second kappa shape index (κ2) is 3.21. The highest BCUT2D eigenvalue weighted by molar-refractivity contribution is 4.76. The zero-order chi connectivity index (χ0) is 7.49. The van der Waals surface area contributed by atoms with E-state index in [0.29, 0.717) is 5.54 Å². The molecule has 9 heavy (non-hydrogen) atoms. The standard InChI is InChI=1S/C8H18N/c1-6-7-8(2,3)9(4)5/h1,6-7H2,2-5H3. The van der Waals surface area contributed by atoms with E-state index < -0.39 is 0 Å². The fourth-order valence-electron chi connectivity index (χ4n) is 0.656. The molecule has 0 aliphatic rings. The first-order valence-corrected chi connectivity index (χ1v) is 3.47. The monoisotopic (exact) mass is 128 g/mol. The van der Waals surface area contributed by atoms with Gasteiger partial charge in [-0.3, -0.25) is 0 Å². The zero-order valence-electron chi connectivity index (χ0n) is 7.07. The quantitative estimate of drug-likeness (QED) is 0.561. The van der Waals surface area contributed by atoms with Crippen LogP contribution in [0.1, 0.15) is 26.7 Å². The summed E-state index contributed by atoms with van der Waals surface area (Å²) < 4.78 is 0. The molecule has 0 aliphatic heterocycles. The number of nitrogens with zero attached hydrogens (tertiary/aromatic N) is 1.